The molecule has 1 saturated heterocycles. The largest absolute Gasteiger partial charge is 0.478 e. The van der Waals surface area contributed by atoms with Crippen LogP contribution in [0.25, 0.3) is 0 Å². The molecule has 3 amide bonds. The van der Waals surface area contributed by atoms with Gasteiger partial charge in [0.1, 0.15) is 0 Å². The summed E-state index contributed by atoms with van der Waals surface area (Å²) in [6, 6.07) is 4.17. The number of carbonyl (C=O) groups excluding carboxylic acids is 3. The molecule has 2 N–H and O–H groups in total. The summed E-state index contributed by atoms with van der Waals surface area (Å²) in [6.45, 7) is 0. The maximum Gasteiger partial charge on any atom is 0.337 e. The Kier molecular flexibility index (Phi) is 4.56. The fourth-order valence-electron chi connectivity index (χ4n) is 2.05. The molecule has 7 nitrogen and oxygen atoms in total. The number of hydrogen-bond donors (Lipinski definition) is 2. The number of aromatic carboxylic acids is 1. The summed E-state index contributed by atoms with van der Waals surface area (Å²) >= 11 is 1.83. The highest BCUT2D eigenvalue weighted by atomic mass is 127. The van der Waals surface area contributed by atoms with E-state index in [1.165, 1.54) is 18.2 Å². The first-order valence-electron chi connectivity index (χ1n) is 6.03. The van der Waals surface area contributed by atoms with E-state index in [-0.39, 0.29) is 34.2 Å². The molecule has 1 aliphatic heterocycles. The summed E-state index contributed by atoms with van der Waals surface area (Å²) in [7, 11) is 0. The number of nitrogens with zero attached hydrogens (tertiary/aromatic N) is 1. The number of nitrogens with one attached hydrogen (secondary N) is 1. The van der Waals surface area contributed by atoms with Crippen molar-refractivity contribution in [2.75, 3.05) is 14.6 Å². The summed E-state index contributed by atoms with van der Waals surface area (Å²) in [5.41, 5.74) is -0.103. The lowest BCUT2D eigenvalue weighted by Crippen LogP contribution is -2.30. The Morgan fingerprint density at radius 1 is 1.24 bits per heavy atom. The molecule has 0 radical (unpaired) electrons. The molecule has 8 heteroatoms. The second kappa shape index (κ2) is 6.20. The molecule has 2 rings (SSSR count). The summed E-state index contributed by atoms with van der Waals surface area (Å²) in [4.78, 5) is 47.4. The van der Waals surface area contributed by atoms with E-state index < -0.39 is 23.7 Å². The molecular weight excluding hydrogens is 391 g/mol. The van der Waals surface area contributed by atoms with Gasteiger partial charge in [0.2, 0.25) is 17.7 Å². The first-order valence-corrected chi connectivity index (χ1v) is 7.56. The molecule has 21 heavy (non-hydrogen) atoms. The number of anilines is 2. The lowest BCUT2D eigenvalue weighted by atomic mass is 10.1. The van der Waals surface area contributed by atoms with Crippen molar-refractivity contribution in [1.29, 1.82) is 0 Å². The molecule has 110 valence electrons. The Morgan fingerprint density at radius 2 is 1.86 bits per heavy atom. The third kappa shape index (κ3) is 3.04. The topological polar surface area (TPSA) is 104 Å². The van der Waals surface area contributed by atoms with Crippen molar-refractivity contribution >= 4 is 57.7 Å². The normalized spacial score (nSPS) is 14.4. The first-order chi connectivity index (χ1) is 9.95. The quantitative estimate of drug-likeness (QED) is 0.451. The van der Waals surface area contributed by atoms with Crippen molar-refractivity contribution < 1.29 is 24.3 Å². The van der Waals surface area contributed by atoms with Crippen molar-refractivity contribution in [1.82, 2.24) is 0 Å². The van der Waals surface area contributed by atoms with E-state index in [1.807, 2.05) is 22.6 Å². The van der Waals surface area contributed by atoms with Gasteiger partial charge in [0.05, 0.1) is 21.4 Å². The molecule has 1 aliphatic rings. The van der Waals surface area contributed by atoms with E-state index >= 15 is 0 Å². The van der Waals surface area contributed by atoms with Crippen LogP contribution in [0.1, 0.15) is 23.2 Å². The molecule has 1 aromatic rings. The average molecular weight is 402 g/mol. The molecule has 0 unspecified atom stereocenters. The van der Waals surface area contributed by atoms with Crippen LogP contribution in [-0.4, -0.2) is 33.2 Å². The molecular formula is C13H11IN2O5. The molecule has 0 spiro atoms. The number of carbonyl (C=O) groups is 4. The monoisotopic (exact) mass is 402 g/mol. The third-order valence-corrected chi connectivity index (χ3v) is 3.64. The van der Waals surface area contributed by atoms with Crippen LogP contribution >= 0.6 is 22.6 Å². The highest BCUT2D eigenvalue weighted by Gasteiger charge is 2.33. The van der Waals surface area contributed by atoms with Gasteiger partial charge in [-0.2, -0.15) is 0 Å². The molecule has 1 fully saturated rings. The summed E-state index contributed by atoms with van der Waals surface area (Å²) < 4.78 is 0.118. The Bertz CT molecular complexity index is 627. The molecule has 1 aromatic carbocycles. The molecule has 0 saturated carbocycles. The number of halogens is 1. The Balaban J connectivity index is 2.56. The van der Waals surface area contributed by atoms with Crippen LogP contribution in [0.4, 0.5) is 11.4 Å². The Hall–Kier alpha value is -1.97. The predicted octanol–water partition coefficient (Wildman–Crippen LogP) is 1.41. The number of amides is 3. The number of benzene rings is 1. The van der Waals surface area contributed by atoms with Gasteiger partial charge < -0.3 is 10.4 Å². The van der Waals surface area contributed by atoms with Crippen molar-refractivity contribution in [2.45, 2.75) is 12.8 Å². The van der Waals surface area contributed by atoms with E-state index in [4.69, 9.17) is 0 Å². The van der Waals surface area contributed by atoms with Crippen LogP contribution in [0.15, 0.2) is 18.2 Å². The van der Waals surface area contributed by atoms with Crippen molar-refractivity contribution in [3.63, 3.8) is 0 Å². The van der Waals surface area contributed by atoms with Crippen LogP contribution in [0.3, 0.4) is 0 Å². The van der Waals surface area contributed by atoms with Gasteiger partial charge in [-0.15, -0.1) is 0 Å². The third-order valence-electron chi connectivity index (χ3n) is 2.95. The molecule has 0 atom stereocenters. The van der Waals surface area contributed by atoms with Crippen LogP contribution in [0.5, 0.6) is 0 Å². The fourth-order valence-corrected chi connectivity index (χ4v) is 2.24. The number of rotatable bonds is 4. The highest BCUT2D eigenvalue weighted by molar-refractivity contribution is 14.1. The standard InChI is InChI=1S/C13H11IN2O5/c14-6-9(17)15-12-7(13(20)21)2-1-3-8(12)16-10(18)4-5-11(16)19/h1-3H,4-6H2,(H,15,17)(H,20,21). The number of carboxylic acids is 1. The minimum atomic E-state index is -1.25. The molecule has 1 heterocycles. The van der Waals surface area contributed by atoms with Gasteiger partial charge in [-0.1, -0.05) is 28.7 Å². The van der Waals surface area contributed by atoms with Crippen molar-refractivity contribution in [3.05, 3.63) is 23.8 Å². The van der Waals surface area contributed by atoms with Gasteiger partial charge in [-0.3, -0.25) is 14.4 Å². The maximum absolute atomic E-state index is 11.8. The van der Waals surface area contributed by atoms with E-state index in [2.05, 4.69) is 5.32 Å². The van der Waals surface area contributed by atoms with Gasteiger partial charge in [-0.25, -0.2) is 9.69 Å². The van der Waals surface area contributed by atoms with Gasteiger partial charge in [0, 0.05) is 12.8 Å². The van der Waals surface area contributed by atoms with Gasteiger partial charge >= 0.3 is 5.97 Å². The molecule has 0 aromatic heterocycles. The second-order valence-electron chi connectivity index (χ2n) is 4.31. The van der Waals surface area contributed by atoms with Crippen LogP contribution < -0.4 is 10.2 Å². The lowest BCUT2D eigenvalue weighted by molar-refractivity contribution is -0.121. The lowest BCUT2D eigenvalue weighted by Gasteiger charge is -2.19. The van der Waals surface area contributed by atoms with Crippen LogP contribution in [-0.2, 0) is 14.4 Å². The summed E-state index contributed by atoms with van der Waals surface area (Å²) in [5, 5.41) is 11.7. The summed E-state index contributed by atoms with van der Waals surface area (Å²) in [5.74, 6) is -2.48. The maximum atomic E-state index is 11.8. The zero-order valence-electron chi connectivity index (χ0n) is 10.8. The summed E-state index contributed by atoms with van der Waals surface area (Å²) in [6.07, 6.45) is 0.158. The average Bonchev–Trinajstić information content (AvgIpc) is 2.78. The second-order valence-corrected chi connectivity index (χ2v) is 5.07. The zero-order valence-corrected chi connectivity index (χ0v) is 12.9. The van der Waals surface area contributed by atoms with Gasteiger partial charge in [0.25, 0.3) is 0 Å². The molecule has 0 aliphatic carbocycles. The first kappa shape index (κ1) is 15.4. The number of para-hydroxylation sites is 1. The van der Waals surface area contributed by atoms with E-state index in [0.29, 0.717) is 0 Å². The number of imide groups is 1. The predicted molar refractivity (Wildman–Crippen MR) is 82.6 cm³/mol. The van der Waals surface area contributed by atoms with Crippen molar-refractivity contribution in [3.8, 4) is 0 Å². The SMILES string of the molecule is O=C(CI)Nc1c(C(=O)O)cccc1N1C(=O)CCC1=O. The van der Waals surface area contributed by atoms with Crippen molar-refractivity contribution in [2.24, 2.45) is 0 Å². The fraction of sp³-hybridized carbons (Fsp3) is 0.231. The molecule has 0 bridgehead atoms. The van der Waals surface area contributed by atoms with Crippen LogP contribution in [0.2, 0.25) is 0 Å². The van der Waals surface area contributed by atoms with Crippen LogP contribution in [0, 0.1) is 0 Å². The van der Waals surface area contributed by atoms with Gasteiger partial charge in [-0.05, 0) is 12.1 Å². The zero-order chi connectivity index (χ0) is 15.6. The van der Waals surface area contributed by atoms with Gasteiger partial charge in [0.15, 0.2) is 0 Å². The number of carboxylic acid groups (broad SMARTS) is 1. The van der Waals surface area contributed by atoms with E-state index in [9.17, 15) is 24.3 Å². The number of alkyl halides is 1. The smallest absolute Gasteiger partial charge is 0.337 e. The highest BCUT2D eigenvalue weighted by Crippen LogP contribution is 2.33. The minimum Gasteiger partial charge on any atom is -0.478 e. The Morgan fingerprint density at radius 3 is 2.38 bits per heavy atom. The van der Waals surface area contributed by atoms with E-state index in [0.717, 1.165) is 4.90 Å². The number of hydrogen-bond acceptors (Lipinski definition) is 4. The van der Waals surface area contributed by atoms with E-state index in [1.54, 1.807) is 0 Å². The Labute approximate surface area is 133 Å². The minimum absolute atomic E-state index is 0.0322.